The lowest BCUT2D eigenvalue weighted by molar-refractivity contribution is 0.310. The standard InChI is InChI=1S/C13H20BrNS/c1-3-4-10-8-15-6-5-11(10)13-7-12(14)9(2)16-13/h7,10-11,15H,3-6,8H2,1-2H3. The highest BCUT2D eigenvalue weighted by atomic mass is 79.9. The van der Waals surface area contributed by atoms with E-state index in [1.54, 1.807) is 4.88 Å². The van der Waals surface area contributed by atoms with E-state index < -0.39 is 0 Å². The van der Waals surface area contributed by atoms with E-state index in [1.807, 2.05) is 11.3 Å². The van der Waals surface area contributed by atoms with E-state index in [2.05, 4.69) is 41.2 Å². The van der Waals surface area contributed by atoms with Gasteiger partial charge in [-0.2, -0.15) is 0 Å². The number of nitrogens with one attached hydrogen (secondary N) is 1. The molecule has 0 bridgehead atoms. The molecule has 0 aromatic carbocycles. The molecule has 90 valence electrons. The number of piperidine rings is 1. The zero-order valence-electron chi connectivity index (χ0n) is 10.1. The van der Waals surface area contributed by atoms with Crippen molar-refractivity contribution in [1.29, 1.82) is 0 Å². The molecule has 0 radical (unpaired) electrons. The van der Waals surface area contributed by atoms with E-state index in [0.29, 0.717) is 0 Å². The summed E-state index contributed by atoms with van der Waals surface area (Å²) >= 11 is 5.61. The van der Waals surface area contributed by atoms with E-state index >= 15 is 0 Å². The topological polar surface area (TPSA) is 12.0 Å². The Morgan fingerprint density at radius 1 is 1.56 bits per heavy atom. The fourth-order valence-corrected chi connectivity index (χ4v) is 4.43. The summed E-state index contributed by atoms with van der Waals surface area (Å²) in [6.45, 7) is 6.88. The van der Waals surface area contributed by atoms with Gasteiger partial charge in [0.25, 0.3) is 0 Å². The van der Waals surface area contributed by atoms with Crippen LogP contribution in [0.25, 0.3) is 0 Å². The minimum absolute atomic E-state index is 0.788. The molecule has 1 aromatic rings. The first-order chi connectivity index (χ1) is 7.72. The third kappa shape index (κ3) is 2.69. The first kappa shape index (κ1) is 12.6. The third-order valence-corrected chi connectivity index (χ3v) is 5.78. The maximum Gasteiger partial charge on any atom is 0.0314 e. The average molecular weight is 302 g/mol. The minimum atomic E-state index is 0.788. The molecule has 3 heteroatoms. The van der Waals surface area contributed by atoms with Gasteiger partial charge in [-0.1, -0.05) is 13.3 Å². The van der Waals surface area contributed by atoms with E-state index in [9.17, 15) is 0 Å². The van der Waals surface area contributed by atoms with Crippen molar-refractivity contribution >= 4 is 27.3 Å². The van der Waals surface area contributed by atoms with Crippen molar-refractivity contribution in [3.63, 3.8) is 0 Å². The summed E-state index contributed by atoms with van der Waals surface area (Å²) in [5.41, 5.74) is 0. The van der Waals surface area contributed by atoms with Crippen molar-refractivity contribution in [2.24, 2.45) is 5.92 Å². The summed E-state index contributed by atoms with van der Waals surface area (Å²) < 4.78 is 1.29. The molecule has 2 unspecified atom stereocenters. The molecule has 1 nitrogen and oxygen atoms in total. The number of hydrogen-bond acceptors (Lipinski definition) is 2. The molecule has 0 spiro atoms. The van der Waals surface area contributed by atoms with Crippen molar-refractivity contribution in [1.82, 2.24) is 5.32 Å². The molecule has 0 saturated carbocycles. The van der Waals surface area contributed by atoms with Gasteiger partial charge in [0.05, 0.1) is 0 Å². The lowest BCUT2D eigenvalue weighted by Crippen LogP contribution is -2.35. The maximum atomic E-state index is 3.64. The maximum absolute atomic E-state index is 3.64. The predicted octanol–water partition coefficient (Wildman–Crippen LogP) is 4.31. The highest BCUT2D eigenvalue weighted by Crippen LogP contribution is 2.39. The molecule has 2 rings (SSSR count). The minimum Gasteiger partial charge on any atom is -0.316 e. The van der Waals surface area contributed by atoms with Crippen LogP contribution in [0.4, 0.5) is 0 Å². The second kappa shape index (κ2) is 5.65. The fraction of sp³-hybridized carbons (Fsp3) is 0.692. The van der Waals surface area contributed by atoms with Crippen LogP contribution in [-0.2, 0) is 0 Å². The van der Waals surface area contributed by atoms with Gasteiger partial charge in [-0.3, -0.25) is 0 Å². The quantitative estimate of drug-likeness (QED) is 0.877. The van der Waals surface area contributed by atoms with Crippen LogP contribution in [0.2, 0.25) is 0 Å². The van der Waals surface area contributed by atoms with Gasteiger partial charge in [0, 0.05) is 14.2 Å². The Morgan fingerprint density at radius 2 is 2.38 bits per heavy atom. The summed E-state index contributed by atoms with van der Waals surface area (Å²) in [5.74, 6) is 1.62. The molecule has 2 heterocycles. The molecule has 1 aliphatic rings. The van der Waals surface area contributed by atoms with Crippen LogP contribution in [-0.4, -0.2) is 13.1 Å². The van der Waals surface area contributed by atoms with Gasteiger partial charge < -0.3 is 5.32 Å². The van der Waals surface area contributed by atoms with Crippen LogP contribution >= 0.6 is 27.3 Å². The van der Waals surface area contributed by atoms with E-state index in [-0.39, 0.29) is 0 Å². The lowest BCUT2D eigenvalue weighted by atomic mass is 9.82. The van der Waals surface area contributed by atoms with Gasteiger partial charge in [-0.15, -0.1) is 11.3 Å². The van der Waals surface area contributed by atoms with E-state index in [0.717, 1.165) is 11.8 Å². The molecular formula is C13H20BrNS. The molecule has 1 fully saturated rings. The normalized spacial score (nSPS) is 25.9. The van der Waals surface area contributed by atoms with Crippen LogP contribution in [0.3, 0.4) is 0 Å². The number of aryl methyl sites for hydroxylation is 1. The van der Waals surface area contributed by atoms with Crippen molar-refractivity contribution < 1.29 is 0 Å². The second-order valence-corrected chi connectivity index (χ2v) is 6.84. The Hall–Kier alpha value is 0.140. The molecule has 16 heavy (non-hydrogen) atoms. The van der Waals surface area contributed by atoms with Crippen molar-refractivity contribution in [2.45, 2.75) is 39.0 Å². The van der Waals surface area contributed by atoms with Gasteiger partial charge >= 0.3 is 0 Å². The Morgan fingerprint density at radius 3 is 3.00 bits per heavy atom. The first-order valence-electron chi connectivity index (χ1n) is 6.19. The molecule has 1 aliphatic heterocycles. The van der Waals surface area contributed by atoms with Gasteiger partial charge in [-0.25, -0.2) is 0 Å². The Balaban J connectivity index is 2.16. The predicted molar refractivity (Wildman–Crippen MR) is 75.4 cm³/mol. The van der Waals surface area contributed by atoms with Crippen LogP contribution in [0.5, 0.6) is 0 Å². The molecule has 2 atom stereocenters. The highest BCUT2D eigenvalue weighted by Gasteiger charge is 2.27. The lowest BCUT2D eigenvalue weighted by Gasteiger charge is -2.31. The van der Waals surface area contributed by atoms with Gasteiger partial charge in [0.2, 0.25) is 0 Å². The fourth-order valence-electron chi connectivity index (χ4n) is 2.64. The zero-order valence-corrected chi connectivity index (χ0v) is 12.5. The molecule has 1 aromatic heterocycles. The molecule has 0 amide bonds. The Bertz CT molecular complexity index is 326. The van der Waals surface area contributed by atoms with Gasteiger partial charge in [-0.05, 0) is 66.7 Å². The van der Waals surface area contributed by atoms with Crippen molar-refractivity contribution in [3.05, 3.63) is 20.3 Å². The monoisotopic (exact) mass is 301 g/mol. The number of hydrogen-bond donors (Lipinski definition) is 1. The third-order valence-electron chi connectivity index (χ3n) is 3.51. The zero-order chi connectivity index (χ0) is 11.5. The molecule has 0 aliphatic carbocycles. The number of rotatable bonds is 3. The first-order valence-corrected chi connectivity index (χ1v) is 7.80. The van der Waals surface area contributed by atoms with Crippen molar-refractivity contribution in [2.75, 3.05) is 13.1 Å². The number of halogens is 1. The summed E-state index contributed by atoms with van der Waals surface area (Å²) in [7, 11) is 0. The SMILES string of the molecule is CCCC1CNCCC1c1cc(Br)c(C)s1. The average Bonchev–Trinajstić information content (AvgIpc) is 2.60. The summed E-state index contributed by atoms with van der Waals surface area (Å²) in [6, 6.07) is 2.35. The second-order valence-electron chi connectivity index (χ2n) is 4.70. The summed E-state index contributed by atoms with van der Waals surface area (Å²) in [4.78, 5) is 3.01. The van der Waals surface area contributed by atoms with Crippen LogP contribution in [0.1, 0.15) is 41.9 Å². The summed E-state index contributed by atoms with van der Waals surface area (Å²) in [6.07, 6.45) is 3.96. The van der Waals surface area contributed by atoms with Gasteiger partial charge in [0.15, 0.2) is 0 Å². The Labute approximate surface area is 111 Å². The Kier molecular flexibility index (Phi) is 4.45. The van der Waals surface area contributed by atoms with E-state index in [1.165, 1.54) is 41.7 Å². The molecule has 1 saturated heterocycles. The molecule has 1 N–H and O–H groups in total. The number of thiophene rings is 1. The van der Waals surface area contributed by atoms with Gasteiger partial charge in [0.1, 0.15) is 0 Å². The summed E-state index contributed by atoms with van der Waals surface area (Å²) in [5, 5.41) is 3.53. The van der Waals surface area contributed by atoms with Crippen LogP contribution in [0.15, 0.2) is 10.5 Å². The smallest absolute Gasteiger partial charge is 0.0314 e. The highest BCUT2D eigenvalue weighted by molar-refractivity contribution is 9.10. The largest absolute Gasteiger partial charge is 0.316 e. The van der Waals surface area contributed by atoms with Crippen LogP contribution in [0, 0.1) is 12.8 Å². The molecular weight excluding hydrogens is 282 g/mol. The van der Waals surface area contributed by atoms with E-state index in [4.69, 9.17) is 0 Å². The van der Waals surface area contributed by atoms with Crippen molar-refractivity contribution in [3.8, 4) is 0 Å². The van der Waals surface area contributed by atoms with Crippen LogP contribution < -0.4 is 5.32 Å².